The van der Waals surface area contributed by atoms with E-state index in [9.17, 15) is 9.59 Å². The number of ether oxygens (including phenoxy) is 1. The quantitative estimate of drug-likeness (QED) is 0.685. The first kappa shape index (κ1) is 19.9. The highest BCUT2D eigenvalue weighted by Crippen LogP contribution is 2.29. The lowest BCUT2D eigenvalue weighted by Crippen LogP contribution is -2.39. The molecule has 1 unspecified atom stereocenters. The molecule has 5 nitrogen and oxygen atoms in total. The predicted molar refractivity (Wildman–Crippen MR) is 109 cm³/mol. The number of aryl methyl sites for hydroxylation is 1. The van der Waals surface area contributed by atoms with Crippen molar-refractivity contribution in [2.45, 2.75) is 45.1 Å². The summed E-state index contributed by atoms with van der Waals surface area (Å²) in [6.07, 6.45) is 5.12. The Morgan fingerprint density at radius 3 is 2.68 bits per heavy atom. The van der Waals surface area contributed by atoms with E-state index in [-0.39, 0.29) is 24.4 Å². The van der Waals surface area contributed by atoms with Crippen LogP contribution < -0.4 is 15.4 Å². The van der Waals surface area contributed by atoms with E-state index in [1.807, 2.05) is 12.1 Å². The van der Waals surface area contributed by atoms with Crippen molar-refractivity contribution < 1.29 is 14.3 Å². The van der Waals surface area contributed by atoms with E-state index in [0.29, 0.717) is 12.2 Å². The third-order valence-corrected chi connectivity index (χ3v) is 5.00. The SMILES string of the molecule is CCCCOc1ccc(C(=O)NCC(=O)NC2CCCc3ccccc32)cc1. The molecule has 3 rings (SSSR count). The van der Waals surface area contributed by atoms with Crippen LogP contribution in [0.25, 0.3) is 0 Å². The second kappa shape index (κ2) is 9.93. The molecule has 2 N–H and O–H groups in total. The number of benzene rings is 2. The average Bonchev–Trinajstić information content (AvgIpc) is 2.73. The molecule has 0 aromatic heterocycles. The second-order valence-corrected chi connectivity index (χ2v) is 7.12. The lowest BCUT2D eigenvalue weighted by atomic mass is 9.88. The zero-order chi connectivity index (χ0) is 19.8. The first-order valence-electron chi connectivity index (χ1n) is 10.1. The molecule has 0 heterocycles. The normalized spacial score (nSPS) is 15.4. The Morgan fingerprint density at radius 1 is 1.11 bits per heavy atom. The zero-order valence-electron chi connectivity index (χ0n) is 16.4. The monoisotopic (exact) mass is 380 g/mol. The smallest absolute Gasteiger partial charge is 0.251 e. The third kappa shape index (κ3) is 5.35. The molecule has 5 heteroatoms. The van der Waals surface area contributed by atoms with E-state index in [1.54, 1.807) is 24.3 Å². The molecule has 1 aliphatic rings. The standard InChI is InChI=1S/C23H28N2O3/c1-2-3-15-28-19-13-11-18(12-14-19)23(27)24-16-22(26)25-21-10-6-8-17-7-4-5-9-20(17)21/h4-5,7,9,11-14,21H,2-3,6,8,10,15-16H2,1H3,(H,24,27)(H,25,26). The van der Waals surface area contributed by atoms with Crippen molar-refractivity contribution in [1.29, 1.82) is 0 Å². The molecule has 2 aromatic carbocycles. The van der Waals surface area contributed by atoms with E-state index in [4.69, 9.17) is 4.74 Å². The molecule has 28 heavy (non-hydrogen) atoms. The van der Waals surface area contributed by atoms with Gasteiger partial charge in [-0.3, -0.25) is 9.59 Å². The van der Waals surface area contributed by atoms with Gasteiger partial charge in [0.2, 0.25) is 5.91 Å². The first-order valence-corrected chi connectivity index (χ1v) is 10.1. The van der Waals surface area contributed by atoms with Crippen molar-refractivity contribution in [3.63, 3.8) is 0 Å². The Labute approximate surface area is 166 Å². The van der Waals surface area contributed by atoms with Crippen LogP contribution in [-0.2, 0) is 11.2 Å². The van der Waals surface area contributed by atoms with Gasteiger partial charge >= 0.3 is 0 Å². The van der Waals surface area contributed by atoms with Gasteiger partial charge in [-0.1, -0.05) is 37.6 Å². The van der Waals surface area contributed by atoms with Gasteiger partial charge < -0.3 is 15.4 Å². The summed E-state index contributed by atoms with van der Waals surface area (Å²) in [5.41, 5.74) is 3.00. The summed E-state index contributed by atoms with van der Waals surface area (Å²) in [6.45, 7) is 2.75. The summed E-state index contributed by atoms with van der Waals surface area (Å²) in [7, 11) is 0. The van der Waals surface area contributed by atoms with Gasteiger partial charge in [-0.2, -0.15) is 0 Å². The molecule has 0 fully saturated rings. The Balaban J connectivity index is 1.47. The fourth-order valence-electron chi connectivity index (χ4n) is 3.45. The van der Waals surface area contributed by atoms with E-state index in [0.717, 1.165) is 37.9 Å². The van der Waals surface area contributed by atoms with Crippen LogP contribution in [0.15, 0.2) is 48.5 Å². The van der Waals surface area contributed by atoms with E-state index in [1.165, 1.54) is 11.1 Å². The summed E-state index contributed by atoms with van der Waals surface area (Å²) in [5, 5.41) is 5.74. The molecule has 148 valence electrons. The average molecular weight is 380 g/mol. The van der Waals surface area contributed by atoms with Gasteiger partial charge in [0, 0.05) is 5.56 Å². The highest BCUT2D eigenvalue weighted by atomic mass is 16.5. The summed E-state index contributed by atoms with van der Waals surface area (Å²) in [4.78, 5) is 24.6. The largest absolute Gasteiger partial charge is 0.494 e. The number of unbranched alkanes of at least 4 members (excludes halogenated alkanes) is 1. The summed E-state index contributed by atoms with van der Waals surface area (Å²) in [5.74, 6) is 0.313. The van der Waals surface area contributed by atoms with Gasteiger partial charge in [-0.25, -0.2) is 0 Å². The van der Waals surface area contributed by atoms with E-state index >= 15 is 0 Å². The molecule has 2 aromatic rings. The number of nitrogens with one attached hydrogen (secondary N) is 2. The van der Waals surface area contributed by atoms with Crippen LogP contribution in [-0.4, -0.2) is 25.0 Å². The third-order valence-electron chi connectivity index (χ3n) is 5.00. The Bertz CT molecular complexity index is 802. The summed E-state index contributed by atoms with van der Waals surface area (Å²) < 4.78 is 5.60. The lowest BCUT2D eigenvalue weighted by molar-refractivity contribution is -0.121. The minimum absolute atomic E-state index is 0.0221. The number of hydrogen-bond donors (Lipinski definition) is 2. The highest BCUT2D eigenvalue weighted by molar-refractivity contribution is 5.96. The van der Waals surface area contributed by atoms with Crippen LogP contribution in [0.5, 0.6) is 5.75 Å². The number of carbonyl (C=O) groups excluding carboxylic acids is 2. The van der Waals surface area contributed by atoms with Crippen molar-refractivity contribution in [3.05, 3.63) is 65.2 Å². The maximum Gasteiger partial charge on any atom is 0.251 e. The van der Waals surface area contributed by atoms with Gasteiger partial charge in [0.05, 0.1) is 19.2 Å². The van der Waals surface area contributed by atoms with Crippen LogP contribution in [0, 0.1) is 0 Å². The first-order chi connectivity index (χ1) is 13.7. The predicted octanol–water partition coefficient (Wildman–Crippen LogP) is 3.79. The summed E-state index contributed by atoms with van der Waals surface area (Å²) in [6, 6.07) is 15.2. The lowest BCUT2D eigenvalue weighted by Gasteiger charge is -2.26. The number of amides is 2. The van der Waals surface area contributed by atoms with Crippen molar-refractivity contribution in [1.82, 2.24) is 10.6 Å². The fourth-order valence-corrected chi connectivity index (χ4v) is 3.45. The van der Waals surface area contributed by atoms with Crippen molar-refractivity contribution in [2.24, 2.45) is 0 Å². The molecule has 2 amide bonds. The minimum Gasteiger partial charge on any atom is -0.494 e. The molecule has 0 saturated carbocycles. The molecular formula is C23H28N2O3. The van der Waals surface area contributed by atoms with Crippen LogP contribution in [0.1, 0.15) is 60.1 Å². The van der Waals surface area contributed by atoms with E-state index < -0.39 is 0 Å². The highest BCUT2D eigenvalue weighted by Gasteiger charge is 2.21. The Kier molecular flexibility index (Phi) is 7.06. The van der Waals surface area contributed by atoms with Gasteiger partial charge in [0.15, 0.2) is 0 Å². The Hall–Kier alpha value is -2.82. The number of rotatable bonds is 8. The molecule has 1 atom stereocenters. The molecule has 0 aliphatic heterocycles. The minimum atomic E-state index is -0.265. The van der Waals surface area contributed by atoms with Gasteiger partial charge in [-0.05, 0) is 61.1 Å². The van der Waals surface area contributed by atoms with Crippen LogP contribution in [0.3, 0.4) is 0 Å². The van der Waals surface area contributed by atoms with Crippen LogP contribution in [0.2, 0.25) is 0 Å². The van der Waals surface area contributed by atoms with Gasteiger partial charge in [0.1, 0.15) is 5.75 Å². The van der Waals surface area contributed by atoms with Gasteiger partial charge in [0.25, 0.3) is 5.91 Å². The molecule has 1 aliphatic carbocycles. The van der Waals surface area contributed by atoms with Crippen LogP contribution >= 0.6 is 0 Å². The molecule has 0 radical (unpaired) electrons. The zero-order valence-corrected chi connectivity index (χ0v) is 16.4. The topological polar surface area (TPSA) is 67.4 Å². The molecule has 0 bridgehead atoms. The van der Waals surface area contributed by atoms with Crippen molar-refractivity contribution >= 4 is 11.8 Å². The van der Waals surface area contributed by atoms with Crippen molar-refractivity contribution in [2.75, 3.05) is 13.2 Å². The number of hydrogen-bond acceptors (Lipinski definition) is 3. The maximum atomic E-state index is 12.3. The maximum absolute atomic E-state index is 12.3. The number of carbonyl (C=O) groups is 2. The van der Waals surface area contributed by atoms with Gasteiger partial charge in [-0.15, -0.1) is 0 Å². The molecule has 0 spiro atoms. The van der Waals surface area contributed by atoms with Crippen LogP contribution in [0.4, 0.5) is 0 Å². The molecular weight excluding hydrogens is 352 g/mol. The Morgan fingerprint density at radius 2 is 1.89 bits per heavy atom. The molecule has 0 saturated heterocycles. The van der Waals surface area contributed by atoms with Crippen molar-refractivity contribution in [3.8, 4) is 5.75 Å². The van der Waals surface area contributed by atoms with E-state index in [2.05, 4.69) is 29.7 Å². The number of fused-ring (bicyclic) bond motifs is 1. The summed E-state index contributed by atoms with van der Waals surface area (Å²) >= 11 is 0. The second-order valence-electron chi connectivity index (χ2n) is 7.12. The fraction of sp³-hybridized carbons (Fsp3) is 0.391.